The van der Waals surface area contributed by atoms with Crippen molar-refractivity contribution in [3.63, 3.8) is 0 Å². The summed E-state index contributed by atoms with van der Waals surface area (Å²) in [5, 5.41) is 5.44. The number of carbonyl (C=O) groups is 3. The zero-order chi connectivity index (χ0) is 26.8. The number of primary amides is 1. The molecule has 1 radical (unpaired) electrons. The number of hydrogen-bond acceptors (Lipinski definition) is 4. The number of rotatable bonds is 8. The molecule has 7 heteroatoms. The fourth-order valence-electron chi connectivity index (χ4n) is 4.16. The molecule has 3 aromatic carbocycles. The number of ether oxygens (including phenoxy) is 1. The molecule has 0 aliphatic heterocycles. The van der Waals surface area contributed by atoms with E-state index in [1.54, 1.807) is 0 Å². The number of carbonyl (C=O) groups excluding carboxylic acids is 3. The number of hydrogen-bond donors (Lipinski definition) is 3. The van der Waals surface area contributed by atoms with Crippen molar-refractivity contribution in [3.8, 4) is 11.1 Å². The van der Waals surface area contributed by atoms with Gasteiger partial charge in [0.05, 0.1) is 0 Å². The highest BCUT2D eigenvalue weighted by Gasteiger charge is 2.29. The molecule has 0 spiro atoms. The lowest BCUT2D eigenvalue weighted by molar-refractivity contribution is -0.119. The maximum absolute atomic E-state index is 12.0. The fourth-order valence-corrected chi connectivity index (χ4v) is 4.16. The lowest BCUT2D eigenvalue weighted by Gasteiger charge is -2.15. The Morgan fingerprint density at radius 2 is 1.51 bits per heavy atom. The second-order valence-corrected chi connectivity index (χ2v) is 9.08. The molecule has 0 saturated carbocycles. The minimum atomic E-state index is -0.474. The zero-order valence-electron chi connectivity index (χ0n) is 21.3. The van der Waals surface area contributed by atoms with Gasteiger partial charge in [-0.1, -0.05) is 74.5 Å². The second-order valence-electron chi connectivity index (χ2n) is 9.08. The van der Waals surface area contributed by atoms with Crippen LogP contribution in [0.2, 0.25) is 0 Å². The number of nitrogens with two attached hydrogens (primary N) is 1. The van der Waals surface area contributed by atoms with Crippen LogP contribution in [0.4, 0.5) is 10.5 Å². The summed E-state index contributed by atoms with van der Waals surface area (Å²) in [6.07, 6.45) is 0.272. The van der Waals surface area contributed by atoms with Gasteiger partial charge in [0, 0.05) is 31.0 Å². The molecular weight excluding hydrogens is 466 g/mol. The highest BCUT2D eigenvalue weighted by Crippen LogP contribution is 2.44. The van der Waals surface area contributed by atoms with E-state index in [9.17, 15) is 14.4 Å². The third-order valence-electron chi connectivity index (χ3n) is 6.05. The Labute approximate surface area is 218 Å². The Balaban J connectivity index is 0.000000266. The summed E-state index contributed by atoms with van der Waals surface area (Å²) < 4.78 is 5.43. The molecule has 3 amide bonds. The number of nitrogens with one attached hydrogen (secondary N) is 2. The van der Waals surface area contributed by atoms with Crippen molar-refractivity contribution in [1.29, 1.82) is 0 Å². The van der Waals surface area contributed by atoms with Crippen molar-refractivity contribution in [2.24, 2.45) is 11.7 Å². The van der Waals surface area contributed by atoms with Crippen LogP contribution in [-0.2, 0) is 14.3 Å². The molecule has 0 saturated heterocycles. The van der Waals surface area contributed by atoms with Gasteiger partial charge in [0.25, 0.3) is 0 Å². The fraction of sp³-hybridized carbons (Fsp3) is 0.267. The van der Waals surface area contributed by atoms with Gasteiger partial charge in [0.1, 0.15) is 6.61 Å². The summed E-state index contributed by atoms with van der Waals surface area (Å²) in [6, 6.07) is 23.8. The molecule has 0 bridgehead atoms. The van der Waals surface area contributed by atoms with E-state index >= 15 is 0 Å². The third-order valence-corrected chi connectivity index (χ3v) is 6.05. The van der Waals surface area contributed by atoms with Crippen LogP contribution in [-0.4, -0.2) is 31.1 Å². The standard InChI is InChI=1S/C20H22N2O3.C10H12NO/c1-13(10-19(21)23)11-22-20(24)25-12-18-16-8-4-2-6-14(16)15-7-3-5-9-17(15)18;1-3-10(12)11-9-6-4-8(2)5-7-9/h2-9,13,18H,10-12H2,1H3,(H2,21,23)(H,22,24);4-7H,2-3H2,1H3,(H,11,12)/t13-;/m0./s1. The van der Waals surface area contributed by atoms with Crippen molar-refractivity contribution in [1.82, 2.24) is 5.32 Å². The highest BCUT2D eigenvalue weighted by molar-refractivity contribution is 5.90. The molecule has 0 unspecified atom stereocenters. The molecule has 0 aromatic heterocycles. The average Bonchev–Trinajstić information content (AvgIpc) is 3.21. The predicted octanol–water partition coefficient (Wildman–Crippen LogP) is 5.25. The average molecular weight is 501 g/mol. The number of fused-ring (bicyclic) bond motifs is 3. The van der Waals surface area contributed by atoms with E-state index in [1.807, 2.05) is 62.4 Å². The summed E-state index contributed by atoms with van der Waals surface area (Å²) in [4.78, 5) is 33.8. The molecule has 7 nitrogen and oxygen atoms in total. The van der Waals surface area contributed by atoms with Crippen molar-refractivity contribution >= 4 is 23.6 Å². The lowest BCUT2D eigenvalue weighted by Crippen LogP contribution is -2.31. The zero-order valence-corrected chi connectivity index (χ0v) is 21.3. The summed E-state index contributed by atoms with van der Waals surface area (Å²) in [5.41, 5.74) is 11.7. The molecule has 1 aliphatic carbocycles. The van der Waals surface area contributed by atoms with E-state index in [-0.39, 0.29) is 36.7 Å². The van der Waals surface area contributed by atoms with Crippen molar-refractivity contribution in [3.05, 3.63) is 96.4 Å². The Morgan fingerprint density at radius 3 is 2.05 bits per heavy atom. The number of anilines is 1. The number of benzene rings is 3. The van der Waals surface area contributed by atoms with Gasteiger partial charge in [-0.25, -0.2) is 4.79 Å². The largest absolute Gasteiger partial charge is 0.449 e. The molecule has 0 heterocycles. The highest BCUT2D eigenvalue weighted by atomic mass is 16.5. The van der Waals surface area contributed by atoms with E-state index in [1.165, 1.54) is 22.3 Å². The quantitative estimate of drug-likeness (QED) is 0.392. The van der Waals surface area contributed by atoms with Crippen LogP contribution in [0, 0.1) is 12.8 Å². The van der Waals surface area contributed by atoms with E-state index in [4.69, 9.17) is 10.5 Å². The molecule has 3 aromatic rings. The summed E-state index contributed by atoms with van der Waals surface area (Å²) >= 11 is 0. The SMILES string of the molecule is C[C@H](CNC(=O)OCC1c2ccccc2-c2ccccc21)CC(N)=O.[CH2]c1ccc(NC(=O)CC)cc1. The Kier molecular flexibility index (Phi) is 9.84. The Hall–Kier alpha value is -4.13. The van der Waals surface area contributed by atoms with E-state index in [0.29, 0.717) is 13.0 Å². The van der Waals surface area contributed by atoms with Crippen LogP contribution >= 0.6 is 0 Å². The monoisotopic (exact) mass is 500 g/mol. The van der Waals surface area contributed by atoms with E-state index < -0.39 is 6.09 Å². The van der Waals surface area contributed by atoms with Gasteiger partial charge in [-0.15, -0.1) is 0 Å². The molecule has 4 N–H and O–H groups in total. The van der Waals surface area contributed by atoms with Gasteiger partial charge in [-0.05, 0) is 52.8 Å². The van der Waals surface area contributed by atoms with Gasteiger partial charge in [-0.2, -0.15) is 0 Å². The maximum Gasteiger partial charge on any atom is 0.407 e. The van der Waals surface area contributed by atoms with Crippen LogP contribution in [0.1, 0.15) is 49.3 Å². The normalized spacial score (nSPS) is 12.3. The minimum absolute atomic E-state index is 0.0158. The molecule has 0 fully saturated rings. The molecule has 1 atom stereocenters. The Bertz CT molecular complexity index is 1180. The predicted molar refractivity (Wildman–Crippen MR) is 146 cm³/mol. The molecule has 193 valence electrons. The first-order valence-electron chi connectivity index (χ1n) is 12.4. The molecule has 37 heavy (non-hydrogen) atoms. The molecule has 1 aliphatic rings. The van der Waals surface area contributed by atoms with Crippen molar-refractivity contribution in [2.45, 2.75) is 32.6 Å². The van der Waals surface area contributed by atoms with Crippen LogP contribution in [0.3, 0.4) is 0 Å². The van der Waals surface area contributed by atoms with Gasteiger partial charge >= 0.3 is 6.09 Å². The first kappa shape index (κ1) is 27.5. The first-order chi connectivity index (χ1) is 17.8. The van der Waals surface area contributed by atoms with Crippen LogP contribution < -0.4 is 16.4 Å². The topological polar surface area (TPSA) is 111 Å². The molecular formula is C30H34N3O4. The lowest BCUT2D eigenvalue weighted by atomic mass is 9.98. The minimum Gasteiger partial charge on any atom is -0.449 e. The van der Waals surface area contributed by atoms with E-state index in [0.717, 1.165) is 11.3 Å². The smallest absolute Gasteiger partial charge is 0.407 e. The first-order valence-corrected chi connectivity index (χ1v) is 12.4. The van der Waals surface area contributed by atoms with Gasteiger partial charge in [0.2, 0.25) is 11.8 Å². The maximum atomic E-state index is 12.0. The Morgan fingerprint density at radius 1 is 0.946 bits per heavy atom. The van der Waals surface area contributed by atoms with E-state index in [2.05, 4.69) is 41.8 Å². The van der Waals surface area contributed by atoms with Crippen molar-refractivity contribution < 1.29 is 19.1 Å². The van der Waals surface area contributed by atoms with Gasteiger partial charge in [-0.3, -0.25) is 9.59 Å². The van der Waals surface area contributed by atoms with Crippen LogP contribution in [0.5, 0.6) is 0 Å². The second kappa shape index (κ2) is 13.3. The van der Waals surface area contributed by atoms with Gasteiger partial charge in [0.15, 0.2) is 0 Å². The summed E-state index contributed by atoms with van der Waals surface area (Å²) in [7, 11) is 0. The number of amides is 3. The summed E-state index contributed by atoms with van der Waals surface area (Å²) in [6.45, 7) is 8.07. The van der Waals surface area contributed by atoms with Crippen LogP contribution in [0.25, 0.3) is 11.1 Å². The summed E-state index contributed by atoms with van der Waals surface area (Å²) in [5.74, 6) is -0.312. The third kappa shape index (κ3) is 7.93. The van der Waals surface area contributed by atoms with Gasteiger partial charge < -0.3 is 21.1 Å². The van der Waals surface area contributed by atoms with Crippen LogP contribution in [0.15, 0.2) is 72.8 Å². The number of alkyl carbamates (subject to hydrolysis) is 1. The molecule has 4 rings (SSSR count). The van der Waals surface area contributed by atoms with Crippen molar-refractivity contribution in [2.75, 3.05) is 18.5 Å².